The largest absolute Gasteiger partial charge is 1.00 e. The Morgan fingerprint density at radius 2 is 0.605 bits per heavy atom. The minimum Gasteiger partial charge on any atom is -1.00 e. The van der Waals surface area contributed by atoms with Gasteiger partial charge in [0.1, 0.15) is 30.9 Å². The van der Waals surface area contributed by atoms with E-state index in [4.69, 9.17) is 92.8 Å². The Morgan fingerprint density at radius 1 is 0.346 bits per heavy atom. The lowest BCUT2D eigenvalue weighted by Gasteiger charge is -2.22. The molecule has 0 saturated carbocycles. The van der Waals surface area contributed by atoms with Crippen molar-refractivity contribution in [2.45, 2.75) is 43.4 Å². The van der Waals surface area contributed by atoms with E-state index in [1.807, 2.05) is 140 Å². The van der Waals surface area contributed by atoms with E-state index in [1.165, 1.54) is 45.3 Å². The highest BCUT2D eigenvalue weighted by Gasteiger charge is 2.28. The van der Waals surface area contributed by atoms with Crippen LogP contribution in [0.25, 0.3) is 0 Å². The molecule has 0 atom stereocenters. The molecule has 0 radical (unpaired) electrons. The van der Waals surface area contributed by atoms with Crippen molar-refractivity contribution in [3.8, 4) is 0 Å². The number of benzene rings is 7. The Morgan fingerprint density at radius 3 is 0.790 bits per heavy atom. The quantitative estimate of drug-likeness (QED) is 0.0972. The summed E-state index contributed by atoms with van der Waals surface area (Å²) >= 11 is 54.6. The van der Waals surface area contributed by atoms with E-state index < -0.39 is 0 Å². The van der Waals surface area contributed by atoms with Gasteiger partial charge >= 0.3 is 0 Å². The minimum absolute atomic E-state index is 0. The average Bonchev–Trinajstić information content (AvgIpc) is 4.24. The van der Waals surface area contributed by atoms with Crippen LogP contribution >= 0.6 is 125 Å². The molecule has 8 nitrogen and oxygen atoms in total. The van der Waals surface area contributed by atoms with Crippen LogP contribution in [0.15, 0.2) is 246 Å². The molecule has 7 aromatic carbocycles. The second-order valence-corrected chi connectivity index (χ2v) is 21.4. The smallest absolute Gasteiger partial charge is 0.166 e. The van der Waals surface area contributed by atoms with Gasteiger partial charge in [0.2, 0.25) is 0 Å². The predicted octanol–water partition coefficient (Wildman–Crippen LogP) is 13.3. The summed E-state index contributed by atoms with van der Waals surface area (Å²) < 4.78 is 1.80. The zero-order valence-corrected chi connectivity index (χ0v) is 55.8. The summed E-state index contributed by atoms with van der Waals surface area (Å²) in [7, 11) is 0. The number of aromatic amines is 1. The molecule has 20 heteroatoms. The van der Waals surface area contributed by atoms with Crippen molar-refractivity contribution in [2.24, 2.45) is 0 Å². The van der Waals surface area contributed by atoms with Crippen molar-refractivity contribution in [3.05, 3.63) is 305 Å². The van der Waals surface area contributed by atoms with Gasteiger partial charge in [-0.3, -0.25) is 0 Å². The third-order valence-electron chi connectivity index (χ3n) is 11.5. The molecule has 4 heterocycles. The van der Waals surface area contributed by atoms with E-state index in [0.717, 1.165) is 36.8 Å². The number of aromatic nitrogens is 4. The molecule has 0 aliphatic carbocycles. The lowest BCUT2D eigenvalue weighted by atomic mass is 10.2. The van der Waals surface area contributed by atoms with E-state index in [9.17, 15) is 0 Å². The standard InChI is InChI=1S/2C17H16Cl2N2.C10H8Cl2N2.2C7H7Br.C3H2Cl2N2.2BrH/c2*18-16-17(19)21(12-15-9-5-2-6-10-15)13-20(16)11-14-7-3-1-4-8-14;11-9-10(12)14(7-13-9)6-8-4-2-1-3-5-8;2*8-6-7-4-2-1-3-5-7;4-2-3(5)7-1-6-2;;/h2*1-10H,11-13H2;1-5,7H,6H2;2*1-5H,6H2;1H,(H,6,7);2*1H/p-2. The van der Waals surface area contributed by atoms with E-state index in [0.29, 0.717) is 61.1 Å². The fourth-order valence-electron chi connectivity index (χ4n) is 7.50. The first-order valence-electron chi connectivity index (χ1n) is 24.6. The molecule has 426 valence electrons. The monoisotopic (exact) mass is 1500 g/mol. The van der Waals surface area contributed by atoms with Crippen LogP contribution in [-0.2, 0) is 43.4 Å². The molecule has 0 spiro atoms. The topological polar surface area (TPSA) is 59.5 Å². The first-order chi connectivity index (χ1) is 38.4. The average molecular weight is 1500 g/mol. The highest BCUT2D eigenvalue weighted by atomic mass is 79.9. The van der Waals surface area contributed by atoms with E-state index >= 15 is 0 Å². The van der Waals surface area contributed by atoms with Gasteiger partial charge in [-0.2, -0.15) is 0 Å². The molecule has 2 aliphatic heterocycles. The van der Waals surface area contributed by atoms with Crippen LogP contribution in [0.5, 0.6) is 0 Å². The van der Waals surface area contributed by atoms with Gasteiger partial charge in [-0.1, -0.05) is 337 Å². The van der Waals surface area contributed by atoms with Crippen LogP contribution in [0.4, 0.5) is 0 Å². The fraction of sp³-hybridized carbons (Fsp3) is 0.148. The molecule has 2 aromatic heterocycles. The summed E-state index contributed by atoms with van der Waals surface area (Å²) in [5.41, 5.74) is 8.72. The third-order valence-corrected chi connectivity index (χ3v) is 16.1. The maximum atomic E-state index is 6.37. The number of H-pyrrole nitrogens is 1. The van der Waals surface area contributed by atoms with E-state index in [2.05, 4.69) is 139 Å². The van der Waals surface area contributed by atoms with Gasteiger partial charge in [0.25, 0.3) is 0 Å². The number of imidazole rings is 2. The second kappa shape index (κ2) is 38.7. The molecule has 0 bridgehead atoms. The molecule has 11 rings (SSSR count). The number of rotatable bonds is 12. The van der Waals surface area contributed by atoms with Crippen LogP contribution in [0.3, 0.4) is 0 Å². The number of halogens is 12. The first-order valence-corrected chi connectivity index (χ1v) is 29.9. The maximum Gasteiger partial charge on any atom is 0.166 e. The Balaban J connectivity index is 0.000000219. The zero-order chi connectivity index (χ0) is 56.2. The van der Waals surface area contributed by atoms with Crippen molar-refractivity contribution in [1.82, 2.24) is 39.1 Å². The summed E-state index contributed by atoms with van der Waals surface area (Å²) in [6, 6.07) is 71.7. The number of nitrogens with one attached hydrogen (secondary N) is 1. The van der Waals surface area contributed by atoms with Crippen molar-refractivity contribution >= 4 is 125 Å². The van der Waals surface area contributed by atoms with Crippen LogP contribution < -0.4 is 34.0 Å². The van der Waals surface area contributed by atoms with Crippen LogP contribution in [0.1, 0.15) is 38.9 Å². The molecule has 0 saturated heterocycles. The summed E-state index contributed by atoms with van der Waals surface area (Å²) in [5.74, 6) is 0. The molecule has 2 aliphatic rings. The molecule has 9 aromatic rings. The van der Waals surface area contributed by atoms with Gasteiger partial charge in [0.05, 0.1) is 26.0 Å². The zero-order valence-electron chi connectivity index (χ0n) is 43.4. The van der Waals surface area contributed by atoms with Gasteiger partial charge in [0.15, 0.2) is 10.3 Å². The molecule has 0 amide bonds. The number of nitrogens with zero attached hydrogens (tertiary/aromatic N) is 7. The normalized spacial score (nSPS) is 12.2. The van der Waals surface area contributed by atoms with E-state index in [1.54, 1.807) is 10.9 Å². The summed E-state index contributed by atoms with van der Waals surface area (Å²) in [5, 5.41) is 5.93. The third kappa shape index (κ3) is 24.2. The molecular formula is C61H56Br4Cl8N8-2. The molecule has 0 unspecified atom stereocenters. The van der Waals surface area contributed by atoms with Crippen molar-refractivity contribution < 1.29 is 34.0 Å². The number of hydrogen-bond acceptors (Lipinski definition) is 6. The fourth-order valence-corrected chi connectivity index (χ4v) is 9.69. The van der Waals surface area contributed by atoms with Crippen molar-refractivity contribution in [2.75, 3.05) is 13.3 Å². The van der Waals surface area contributed by atoms with Crippen molar-refractivity contribution in [1.29, 1.82) is 0 Å². The van der Waals surface area contributed by atoms with E-state index in [-0.39, 0.29) is 34.0 Å². The maximum absolute atomic E-state index is 6.37. The molecular weight excluding hydrogens is 1450 g/mol. The summed E-state index contributed by atoms with van der Waals surface area (Å²) in [6.07, 6.45) is 3.07. The predicted molar refractivity (Wildman–Crippen MR) is 340 cm³/mol. The summed E-state index contributed by atoms with van der Waals surface area (Å²) in [6.45, 7) is 5.17. The van der Waals surface area contributed by atoms with Crippen LogP contribution in [0, 0.1) is 0 Å². The van der Waals surface area contributed by atoms with Gasteiger partial charge in [-0.15, -0.1) is 0 Å². The number of alkyl halides is 2. The first kappa shape index (κ1) is 69.4. The van der Waals surface area contributed by atoms with Gasteiger partial charge < -0.3 is 63.1 Å². The lowest BCUT2D eigenvalue weighted by Crippen LogP contribution is -3.00. The Hall–Kier alpha value is -4.12. The Kier molecular flexibility index (Phi) is 33.1. The Labute approximate surface area is 554 Å². The van der Waals surface area contributed by atoms with Crippen LogP contribution in [-0.4, -0.2) is 52.5 Å². The SMILES string of the molecule is BrCc1ccccc1.BrCc1ccccc1.ClC1=C(Cl)N(Cc2ccccc2)CN1Cc1ccccc1.ClC1=C(Cl)N(Cc2ccccc2)CN1Cc1ccccc1.Clc1nc[nH]c1Cl.Clc1ncn(Cc2ccccc2)c1Cl.[Br-].[Br-]. The van der Waals surface area contributed by atoms with Gasteiger partial charge in [-0.05, 0) is 38.9 Å². The summed E-state index contributed by atoms with van der Waals surface area (Å²) in [4.78, 5) is 18.4. The van der Waals surface area contributed by atoms with Gasteiger partial charge in [-0.25, -0.2) is 9.97 Å². The molecule has 0 fully saturated rings. The Bertz CT molecular complexity index is 2910. The minimum atomic E-state index is 0. The highest BCUT2D eigenvalue weighted by molar-refractivity contribution is 9.08. The lowest BCUT2D eigenvalue weighted by molar-refractivity contribution is -0.00100. The highest BCUT2D eigenvalue weighted by Crippen LogP contribution is 2.33. The second-order valence-electron chi connectivity index (χ2n) is 17.4. The van der Waals surface area contributed by atoms with Crippen molar-refractivity contribution in [3.63, 3.8) is 0 Å². The molecule has 1 N–H and O–H groups in total. The van der Waals surface area contributed by atoms with Crippen LogP contribution in [0.2, 0.25) is 20.6 Å². The van der Waals surface area contributed by atoms with Gasteiger partial charge in [0, 0.05) is 43.4 Å². The molecule has 81 heavy (non-hydrogen) atoms. The number of hydrogen-bond donors (Lipinski definition) is 1.